The Bertz CT molecular complexity index is 303. The SMILES string of the molecule is CC1(C)C[CH]C(CCN=O)C(C)(C)N1CCN=O. The van der Waals surface area contributed by atoms with Crippen molar-refractivity contribution in [3.05, 3.63) is 16.2 Å². The summed E-state index contributed by atoms with van der Waals surface area (Å²) in [6, 6.07) is 0. The summed E-state index contributed by atoms with van der Waals surface area (Å²) in [5.74, 6) is 0.329. The molecule has 0 aromatic heterocycles. The molecule has 1 aliphatic rings. The zero-order chi connectivity index (χ0) is 13.8. The zero-order valence-electron chi connectivity index (χ0n) is 11.8. The van der Waals surface area contributed by atoms with E-state index in [1.807, 2.05) is 0 Å². The third-order valence-corrected chi connectivity index (χ3v) is 4.18. The summed E-state index contributed by atoms with van der Waals surface area (Å²) < 4.78 is 0. The van der Waals surface area contributed by atoms with Gasteiger partial charge in [-0.15, -0.1) is 0 Å². The lowest BCUT2D eigenvalue weighted by Gasteiger charge is -2.56. The number of rotatable bonds is 6. The summed E-state index contributed by atoms with van der Waals surface area (Å²) in [6.07, 6.45) is 4.03. The molecule has 1 atom stereocenters. The summed E-state index contributed by atoms with van der Waals surface area (Å²) in [5.41, 5.74) is -0.0452. The molecule has 5 heteroatoms. The second kappa shape index (κ2) is 5.87. The maximum atomic E-state index is 10.4. The average molecular weight is 254 g/mol. The van der Waals surface area contributed by atoms with Gasteiger partial charge in [0, 0.05) is 17.6 Å². The highest BCUT2D eigenvalue weighted by Gasteiger charge is 2.46. The molecule has 0 saturated carbocycles. The van der Waals surface area contributed by atoms with Crippen LogP contribution in [-0.4, -0.2) is 35.6 Å². The van der Waals surface area contributed by atoms with Crippen LogP contribution in [0.25, 0.3) is 0 Å². The lowest BCUT2D eigenvalue weighted by molar-refractivity contribution is -0.0400. The third kappa shape index (κ3) is 3.13. The van der Waals surface area contributed by atoms with Crippen molar-refractivity contribution in [1.29, 1.82) is 0 Å². The molecule has 0 spiro atoms. The van der Waals surface area contributed by atoms with Gasteiger partial charge in [-0.25, -0.2) is 0 Å². The standard InChI is InChI=1S/C13H24N3O2/c1-12(2)7-5-11(6-8-14-17)13(3,4)16(12)10-9-15-18/h5,11H,6-10H2,1-4H3. The summed E-state index contributed by atoms with van der Waals surface area (Å²) in [5, 5.41) is 5.94. The lowest BCUT2D eigenvalue weighted by atomic mass is 9.71. The van der Waals surface area contributed by atoms with Crippen LogP contribution in [0.4, 0.5) is 0 Å². The number of hydrogen-bond donors (Lipinski definition) is 0. The Morgan fingerprint density at radius 2 is 1.78 bits per heavy atom. The van der Waals surface area contributed by atoms with Gasteiger partial charge in [-0.1, -0.05) is 10.4 Å². The van der Waals surface area contributed by atoms with Gasteiger partial charge in [0.15, 0.2) is 0 Å². The number of nitrogens with zero attached hydrogens (tertiary/aromatic N) is 3. The van der Waals surface area contributed by atoms with E-state index in [0.29, 0.717) is 25.6 Å². The van der Waals surface area contributed by atoms with Gasteiger partial charge >= 0.3 is 0 Å². The van der Waals surface area contributed by atoms with Crippen molar-refractivity contribution in [2.75, 3.05) is 19.6 Å². The van der Waals surface area contributed by atoms with Crippen molar-refractivity contribution in [2.24, 2.45) is 16.3 Å². The summed E-state index contributed by atoms with van der Waals surface area (Å²) >= 11 is 0. The first-order chi connectivity index (χ1) is 8.36. The molecule has 0 bridgehead atoms. The molecule has 0 amide bonds. The predicted molar refractivity (Wildman–Crippen MR) is 73.2 cm³/mol. The average Bonchev–Trinajstić information content (AvgIpc) is 2.27. The molecule has 0 aromatic carbocycles. The van der Waals surface area contributed by atoms with Gasteiger partial charge < -0.3 is 0 Å². The highest BCUT2D eigenvalue weighted by molar-refractivity contribution is 5.08. The van der Waals surface area contributed by atoms with E-state index in [2.05, 4.69) is 49.4 Å². The van der Waals surface area contributed by atoms with E-state index < -0.39 is 0 Å². The van der Waals surface area contributed by atoms with Gasteiger partial charge in [0.2, 0.25) is 0 Å². The molecule has 18 heavy (non-hydrogen) atoms. The molecule has 0 aliphatic carbocycles. The molecule has 1 radical (unpaired) electrons. The first-order valence-electron chi connectivity index (χ1n) is 6.55. The van der Waals surface area contributed by atoms with Crippen molar-refractivity contribution in [3.8, 4) is 0 Å². The van der Waals surface area contributed by atoms with E-state index in [1.54, 1.807) is 0 Å². The van der Waals surface area contributed by atoms with Crippen LogP contribution >= 0.6 is 0 Å². The van der Waals surface area contributed by atoms with Crippen LogP contribution in [0.15, 0.2) is 10.4 Å². The normalized spacial score (nSPS) is 26.8. The molecule has 0 N–H and O–H groups in total. The van der Waals surface area contributed by atoms with E-state index in [-0.39, 0.29) is 11.1 Å². The minimum atomic E-state index is -0.0723. The Hall–Kier alpha value is -0.840. The van der Waals surface area contributed by atoms with Crippen LogP contribution in [0, 0.1) is 22.2 Å². The Labute approximate surface area is 109 Å². The minimum Gasteiger partial charge on any atom is -0.291 e. The molecule has 5 nitrogen and oxygen atoms in total. The molecule has 1 aliphatic heterocycles. The monoisotopic (exact) mass is 254 g/mol. The fraction of sp³-hybridized carbons (Fsp3) is 0.923. The lowest BCUT2D eigenvalue weighted by Crippen LogP contribution is -2.63. The first-order valence-corrected chi connectivity index (χ1v) is 6.55. The molecule has 1 rings (SSSR count). The van der Waals surface area contributed by atoms with Crippen LogP contribution in [0.2, 0.25) is 0 Å². The van der Waals surface area contributed by atoms with Gasteiger partial charge in [-0.2, -0.15) is 9.81 Å². The molecular weight excluding hydrogens is 230 g/mol. The quantitative estimate of drug-likeness (QED) is 0.684. The number of nitroso groups, excluding NO2 is 2. The zero-order valence-corrected chi connectivity index (χ0v) is 11.8. The maximum Gasteiger partial charge on any atom is 0.0938 e. The third-order valence-electron chi connectivity index (χ3n) is 4.18. The van der Waals surface area contributed by atoms with E-state index in [4.69, 9.17) is 0 Å². The Morgan fingerprint density at radius 1 is 1.17 bits per heavy atom. The second-order valence-electron chi connectivity index (χ2n) is 6.16. The Kier molecular flexibility index (Phi) is 4.96. The van der Waals surface area contributed by atoms with Crippen LogP contribution < -0.4 is 0 Å². The molecule has 1 saturated heterocycles. The summed E-state index contributed by atoms with van der Waals surface area (Å²) in [6.45, 7) is 10.0. The van der Waals surface area contributed by atoms with E-state index in [1.165, 1.54) is 0 Å². The van der Waals surface area contributed by atoms with Gasteiger partial charge in [-0.3, -0.25) is 4.90 Å². The van der Waals surface area contributed by atoms with Crippen molar-refractivity contribution >= 4 is 0 Å². The van der Waals surface area contributed by atoms with Crippen molar-refractivity contribution < 1.29 is 0 Å². The Morgan fingerprint density at radius 3 is 2.33 bits per heavy atom. The Balaban J connectivity index is 2.84. The van der Waals surface area contributed by atoms with Crippen molar-refractivity contribution in [2.45, 2.75) is 51.6 Å². The maximum absolute atomic E-state index is 10.4. The van der Waals surface area contributed by atoms with Crippen LogP contribution in [0.5, 0.6) is 0 Å². The molecule has 1 unspecified atom stereocenters. The van der Waals surface area contributed by atoms with Gasteiger partial charge in [0.05, 0.1) is 13.1 Å². The molecule has 0 aromatic rings. The van der Waals surface area contributed by atoms with Crippen molar-refractivity contribution in [1.82, 2.24) is 4.90 Å². The van der Waals surface area contributed by atoms with Gasteiger partial charge in [-0.05, 0) is 52.9 Å². The summed E-state index contributed by atoms with van der Waals surface area (Å²) in [4.78, 5) is 23.0. The van der Waals surface area contributed by atoms with Gasteiger partial charge in [0.25, 0.3) is 0 Å². The highest BCUT2D eigenvalue weighted by atomic mass is 16.3. The molecular formula is C13H24N3O2. The number of likely N-dealkylation sites (tertiary alicyclic amines) is 1. The fourth-order valence-electron chi connectivity index (χ4n) is 3.20. The van der Waals surface area contributed by atoms with E-state index in [9.17, 15) is 9.81 Å². The number of hydrogen-bond acceptors (Lipinski definition) is 5. The molecule has 1 heterocycles. The molecule has 103 valence electrons. The van der Waals surface area contributed by atoms with Crippen LogP contribution in [-0.2, 0) is 0 Å². The smallest absolute Gasteiger partial charge is 0.0938 e. The summed E-state index contributed by atoms with van der Waals surface area (Å²) in [7, 11) is 0. The minimum absolute atomic E-state index is 0.0271. The second-order valence-corrected chi connectivity index (χ2v) is 6.16. The van der Waals surface area contributed by atoms with E-state index >= 15 is 0 Å². The topological polar surface area (TPSA) is 62.1 Å². The van der Waals surface area contributed by atoms with Gasteiger partial charge in [0.1, 0.15) is 0 Å². The largest absolute Gasteiger partial charge is 0.291 e. The van der Waals surface area contributed by atoms with E-state index in [0.717, 1.165) is 12.8 Å². The van der Waals surface area contributed by atoms with Crippen molar-refractivity contribution in [3.63, 3.8) is 0 Å². The number of piperidine rings is 1. The predicted octanol–water partition coefficient (Wildman–Crippen LogP) is 2.99. The highest BCUT2D eigenvalue weighted by Crippen LogP contribution is 2.42. The fourth-order valence-corrected chi connectivity index (χ4v) is 3.20. The van der Waals surface area contributed by atoms with Crippen LogP contribution in [0.3, 0.4) is 0 Å². The van der Waals surface area contributed by atoms with Crippen LogP contribution in [0.1, 0.15) is 40.5 Å². The molecule has 1 fully saturated rings. The first kappa shape index (κ1) is 15.2.